The predicted molar refractivity (Wildman–Crippen MR) is 71.5 cm³/mol. The van der Waals surface area contributed by atoms with Gasteiger partial charge in [-0.1, -0.05) is 24.3 Å². The van der Waals surface area contributed by atoms with Gasteiger partial charge in [-0.25, -0.2) is 0 Å². The number of phenolic OH excluding ortho intramolecular Hbond substituents is 1. The van der Waals surface area contributed by atoms with Crippen molar-refractivity contribution in [1.29, 1.82) is 0 Å². The molecular weight excluding hydrogens is 252 g/mol. The van der Waals surface area contributed by atoms with Gasteiger partial charge in [0.25, 0.3) is 0 Å². The molecule has 0 heterocycles. The van der Waals surface area contributed by atoms with Crippen LogP contribution in [0.1, 0.15) is 33.6 Å². The van der Waals surface area contributed by atoms with E-state index in [4.69, 9.17) is 0 Å². The van der Waals surface area contributed by atoms with Crippen molar-refractivity contribution in [2.45, 2.75) is 12.8 Å². The fourth-order valence-corrected chi connectivity index (χ4v) is 5.06. The van der Waals surface area contributed by atoms with Crippen molar-refractivity contribution in [3.63, 3.8) is 0 Å². The number of aromatic hydroxyl groups is 1. The smallest absolute Gasteiger partial charge is 0.171 e. The Balaban J connectivity index is 1.76. The largest absolute Gasteiger partial charge is 0.507 e. The average molecular weight is 266 g/mol. The lowest BCUT2D eigenvalue weighted by molar-refractivity contribution is 0.0718. The summed E-state index contributed by atoms with van der Waals surface area (Å²) in [6, 6.07) is 4.83. The second-order valence-electron chi connectivity index (χ2n) is 6.65. The van der Waals surface area contributed by atoms with Gasteiger partial charge in [0.15, 0.2) is 11.6 Å². The summed E-state index contributed by atoms with van der Waals surface area (Å²) in [6.07, 6.45) is 6.57. The fraction of sp³-hybridized carbons (Fsp3) is 0.412. The van der Waals surface area contributed by atoms with E-state index in [0.717, 1.165) is 12.8 Å². The third-order valence-corrected chi connectivity index (χ3v) is 6.00. The minimum absolute atomic E-state index is 0.0224. The van der Waals surface area contributed by atoms with E-state index in [1.165, 1.54) is 6.07 Å². The summed E-state index contributed by atoms with van der Waals surface area (Å²) in [4.78, 5) is 25.6. The molecule has 0 aliphatic heterocycles. The zero-order chi connectivity index (χ0) is 13.6. The van der Waals surface area contributed by atoms with Gasteiger partial charge in [-0.15, -0.1) is 0 Å². The van der Waals surface area contributed by atoms with Gasteiger partial charge in [-0.05, 0) is 36.2 Å². The minimum Gasteiger partial charge on any atom is -0.507 e. The number of hydrogen-bond acceptors (Lipinski definition) is 3. The van der Waals surface area contributed by atoms with Crippen LogP contribution in [0.5, 0.6) is 5.75 Å². The Kier molecular flexibility index (Phi) is 1.65. The van der Waals surface area contributed by atoms with Gasteiger partial charge in [-0.3, -0.25) is 9.59 Å². The van der Waals surface area contributed by atoms with Gasteiger partial charge in [0.2, 0.25) is 0 Å². The molecule has 4 atom stereocenters. The third kappa shape index (κ3) is 0.952. The summed E-state index contributed by atoms with van der Waals surface area (Å²) in [5.74, 6) is 0.0200. The van der Waals surface area contributed by atoms with Crippen molar-refractivity contribution < 1.29 is 14.7 Å². The van der Waals surface area contributed by atoms with E-state index in [1.807, 2.05) is 0 Å². The van der Waals surface area contributed by atoms with E-state index in [9.17, 15) is 14.7 Å². The van der Waals surface area contributed by atoms with Crippen LogP contribution in [0.25, 0.3) is 0 Å². The molecule has 3 heteroatoms. The molecule has 0 saturated heterocycles. The summed E-state index contributed by atoms with van der Waals surface area (Å²) in [5, 5.41) is 9.99. The number of carbonyl (C=O) groups is 2. The Bertz CT molecular complexity index is 711. The van der Waals surface area contributed by atoms with Crippen LogP contribution < -0.4 is 0 Å². The first-order valence-electron chi connectivity index (χ1n) is 7.24. The summed E-state index contributed by atoms with van der Waals surface area (Å²) in [5.41, 5.74) is 0.877. The van der Waals surface area contributed by atoms with E-state index in [2.05, 4.69) is 12.2 Å². The molecular formula is C17H14O3. The van der Waals surface area contributed by atoms with Gasteiger partial charge in [0.05, 0.1) is 5.56 Å². The number of hydrogen-bond donors (Lipinski definition) is 1. The lowest BCUT2D eigenvalue weighted by Crippen LogP contribution is -2.38. The Morgan fingerprint density at radius 3 is 2.30 bits per heavy atom. The van der Waals surface area contributed by atoms with Crippen molar-refractivity contribution >= 4 is 11.6 Å². The molecule has 3 nitrogen and oxygen atoms in total. The topological polar surface area (TPSA) is 54.4 Å². The van der Waals surface area contributed by atoms with E-state index in [0.29, 0.717) is 5.56 Å². The average Bonchev–Trinajstić information content (AvgIpc) is 3.10. The number of Topliss-reactive ketones (excluding diaryl/α,β-unsaturated/α-hetero) is 2. The van der Waals surface area contributed by atoms with E-state index >= 15 is 0 Å². The first-order chi connectivity index (χ1) is 9.65. The molecule has 0 aromatic heterocycles. The molecule has 100 valence electrons. The zero-order valence-corrected chi connectivity index (χ0v) is 10.9. The summed E-state index contributed by atoms with van der Waals surface area (Å²) < 4.78 is 0. The predicted octanol–water partition coefficient (Wildman–Crippen LogP) is 2.60. The molecule has 20 heavy (non-hydrogen) atoms. The molecule has 4 aliphatic carbocycles. The van der Waals surface area contributed by atoms with Gasteiger partial charge in [0, 0.05) is 17.4 Å². The molecule has 2 unspecified atom stereocenters. The summed E-state index contributed by atoms with van der Waals surface area (Å²) in [7, 11) is 0. The Morgan fingerprint density at radius 1 is 1.00 bits per heavy atom. The number of rotatable bonds is 0. The normalized spacial score (nSPS) is 38.2. The lowest BCUT2D eigenvalue weighted by atomic mass is 9.69. The Morgan fingerprint density at radius 2 is 1.65 bits per heavy atom. The van der Waals surface area contributed by atoms with Crippen molar-refractivity contribution in [1.82, 2.24) is 0 Å². The monoisotopic (exact) mass is 266 g/mol. The van der Waals surface area contributed by atoms with Crippen LogP contribution in [-0.2, 0) is 0 Å². The molecule has 1 spiro atoms. The SMILES string of the molecule is O=C1c2cccc(O)c2C(=O)C2C1[C@H]1C=C[C@@H]2C12CC2. The third-order valence-electron chi connectivity index (χ3n) is 6.00. The van der Waals surface area contributed by atoms with Gasteiger partial charge < -0.3 is 5.11 Å². The second-order valence-corrected chi connectivity index (χ2v) is 6.65. The van der Waals surface area contributed by atoms with Crippen molar-refractivity contribution in [2.24, 2.45) is 29.1 Å². The Labute approximate surface area is 116 Å². The molecule has 5 rings (SSSR count). The van der Waals surface area contributed by atoms with Crippen LogP contribution in [0.2, 0.25) is 0 Å². The maximum atomic E-state index is 12.8. The molecule has 2 bridgehead atoms. The second kappa shape index (κ2) is 3.05. The highest BCUT2D eigenvalue weighted by Gasteiger charge is 2.70. The highest BCUT2D eigenvalue weighted by atomic mass is 16.3. The highest BCUT2D eigenvalue weighted by molar-refractivity contribution is 6.18. The van der Waals surface area contributed by atoms with Crippen LogP contribution in [0.15, 0.2) is 30.4 Å². The molecule has 2 fully saturated rings. The van der Waals surface area contributed by atoms with Crippen LogP contribution in [-0.4, -0.2) is 16.7 Å². The molecule has 0 radical (unpaired) electrons. The number of benzene rings is 1. The minimum atomic E-state index is -0.235. The van der Waals surface area contributed by atoms with E-state index in [1.54, 1.807) is 12.1 Å². The van der Waals surface area contributed by atoms with Crippen LogP contribution in [0.4, 0.5) is 0 Å². The van der Waals surface area contributed by atoms with E-state index < -0.39 is 0 Å². The molecule has 1 aromatic rings. The highest BCUT2D eigenvalue weighted by Crippen LogP contribution is 2.73. The van der Waals surface area contributed by atoms with Crippen molar-refractivity contribution in [3.8, 4) is 5.75 Å². The van der Waals surface area contributed by atoms with Crippen LogP contribution >= 0.6 is 0 Å². The quantitative estimate of drug-likeness (QED) is 0.734. The molecule has 0 amide bonds. The lowest BCUT2D eigenvalue weighted by Gasteiger charge is -2.31. The number of phenols is 1. The first kappa shape index (κ1) is 10.8. The van der Waals surface area contributed by atoms with Gasteiger partial charge in [0.1, 0.15) is 5.75 Å². The van der Waals surface area contributed by atoms with Gasteiger partial charge in [-0.2, -0.15) is 0 Å². The maximum Gasteiger partial charge on any atom is 0.171 e. The molecule has 2 saturated carbocycles. The van der Waals surface area contributed by atoms with Crippen LogP contribution in [0.3, 0.4) is 0 Å². The van der Waals surface area contributed by atoms with Gasteiger partial charge >= 0.3 is 0 Å². The number of ketones is 2. The molecule has 4 aliphatic rings. The molecule has 1 aromatic carbocycles. The van der Waals surface area contributed by atoms with Crippen molar-refractivity contribution in [2.75, 3.05) is 0 Å². The van der Waals surface area contributed by atoms with E-state index in [-0.39, 0.29) is 52.0 Å². The number of allylic oxidation sites excluding steroid dienone is 2. The van der Waals surface area contributed by atoms with Crippen LogP contribution in [0, 0.1) is 29.1 Å². The molecule has 1 N–H and O–H groups in total. The Hall–Kier alpha value is -1.90. The first-order valence-corrected chi connectivity index (χ1v) is 7.24. The standard InChI is InChI=1S/C17H14O3/c18-11-3-1-2-8-12(11)16(20)14-10-5-4-9(13(14)15(8)19)17(10)6-7-17/h1-5,9-10,13-14,18H,6-7H2/t9-,10+,13?,14?/m1/s1. The maximum absolute atomic E-state index is 12.8. The fourth-order valence-electron chi connectivity index (χ4n) is 5.06. The number of carbonyl (C=O) groups excluding carboxylic acids is 2. The van der Waals surface area contributed by atoms with Crippen molar-refractivity contribution in [3.05, 3.63) is 41.5 Å². The summed E-state index contributed by atoms with van der Waals surface area (Å²) >= 11 is 0. The number of fused-ring (bicyclic) bond motifs is 4. The zero-order valence-electron chi connectivity index (χ0n) is 10.9. The summed E-state index contributed by atoms with van der Waals surface area (Å²) in [6.45, 7) is 0.